The number of hydrogen-bond donors (Lipinski definition) is 1. The van der Waals surface area contributed by atoms with Gasteiger partial charge in [-0.05, 0) is 63.5 Å². The van der Waals surface area contributed by atoms with Crippen LogP contribution in [0.5, 0.6) is 5.75 Å². The van der Waals surface area contributed by atoms with Crippen molar-refractivity contribution in [1.29, 1.82) is 0 Å². The van der Waals surface area contributed by atoms with E-state index in [1.807, 2.05) is 36.4 Å². The Balaban J connectivity index is 1.34. The van der Waals surface area contributed by atoms with Crippen LogP contribution in [0.4, 0.5) is 4.39 Å². The number of carbonyl (C=O) groups excluding carboxylic acids is 1. The zero-order chi connectivity index (χ0) is 20.4. The number of rotatable bonds is 4. The standard InChI is InChI=1S/C24H29FN2O2/c1-24(2)15-21(20-5-3-4-6-22(20)29-24)26-23(28)18-11-13-27(14-12-18)16-17-7-9-19(25)10-8-17/h3-10,18,21H,11-16H2,1-2H3,(H,26,28)/t21-/m1/s1. The third kappa shape index (κ3) is 4.78. The Labute approximate surface area is 172 Å². The van der Waals surface area contributed by atoms with E-state index in [1.165, 1.54) is 12.1 Å². The van der Waals surface area contributed by atoms with Crippen LogP contribution in [0.25, 0.3) is 0 Å². The molecule has 0 aliphatic carbocycles. The number of carbonyl (C=O) groups is 1. The number of likely N-dealkylation sites (tertiary alicyclic amines) is 1. The van der Waals surface area contributed by atoms with Gasteiger partial charge in [0.2, 0.25) is 5.91 Å². The minimum atomic E-state index is -0.301. The van der Waals surface area contributed by atoms with Crippen molar-refractivity contribution in [3.8, 4) is 5.75 Å². The summed E-state index contributed by atoms with van der Waals surface area (Å²) in [5.41, 5.74) is 1.87. The largest absolute Gasteiger partial charge is 0.487 e. The number of halogens is 1. The predicted octanol–water partition coefficient (Wildman–Crippen LogP) is 4.46. The number of nitrogens with zero attached hydrogens (tertiary/aromatic N) is 1. The molecule has 1 fully saturated rings. The second-order valence-corrected chi connectivity index (χ2v) is 8.84. The fraction of sp³-hybridized carbons (Fsp3) is 0.458. The number of benzene rings is 2. The molecular formula is C24H29FN2O2. The molecule has 0 spiro atoms. The van der Waals surface area contributed by atoms with Crippen LogP contribution in [-0.4, -0.2) is 29.5 Å². The van der Waals surface area contributed by atoms with Crippen molar-refractivity contribution in [3.05, 3.63) is 65.5 Å². The van der Waals surface area contributed by atoms with Crippen molar-refractivity contribution in [2.45, 2.75) is 51.3 Å². The number of nitrogens with one attached hydrogen (secondary N) is 1. The second kappa shape index (κ2) is 8.15. The van der Waals surface area contributed by atoms with Gasteiger partial charge in [0.25, 0.3) is 0 Å². The zero-order valence-electron chi connectivity index (χ0n) is 17.2. The van der Waals surface area contributed by atoms with E-state index < -0.39 is 0 Å². The Hall–Kier alpha value is -2.40. The highest BCUT2D eigenvalue weighted by molar-refractivity contribution is 5.79. The van der Waals surface area contributed by atoms with Crippen LogP contribution in [0.3, 0.4) is 0 Å². The summed E-state index contributed by atoms with van der Waals surface area (Å²) in [5, 5.41) is 3.29. The molecule has 4 nitrogen and oxygen atoms in total. The number of amides is 1. The molecule has 154 valence electrons. The number of ether oxygens (including phenoxy) is 1. The maximum absolute atomic E-state index is 13.1. The third-order valence-electron chi connectivity index (χ3n) is 5.97. The summed E-state index contributed by atoms with van der Waals surface area (Å²) >= 11 is 0. The summed E-state index contributed by atoms with van der Waals surface area (Å²) in [6.45, 7) is 6.69. The zero-order valence-corrected chi connectivity index (χ0v) is 17.2. The molecule has 1 saturated heterocycles. The third-order valence-corrected chi connectivity index (χ3v) is 5.97. The van der Waals surface area contributed by atoms with Gasteiger partial charge in [-0.2, -0.15) is 0 Å². The van der Waals surface area contributed by atoms with E-state index in [-0.39, 0.29) is 29.3 Å². The van der Waals surface area contributed by atoms with Crippen LogP contribution in [0.15, 0.2) is 48.5 Å². The van der Waals surface area contributed by atoms with Crippen LogP contribution < -0.4 is 10.1 Å². The molecule has 0 unspecified atom stereocenters. The Morgan fingerprint density at radius 2 is 1.83 bits per heavy atom. The van der Waals surface area contributed by atoms with E-state index in [0.29, 0.717) is 0 Å². The molecule has 1 N–H and O–H groups in total. The maximum atomic E-state index is 13.1. The van der Waals surface area contributed by atoms with E-state index in [1.54, 1.807) is 0 Å². The minimum absolute atomic E-state index is 0.0142. The predicted molar refractivity (Wildman–Crippen MR) is 111 cm³/mol. The fourth-order valence-corrected chi connectivity index (χ4v) is 4.42. The maximum Gasteiger partial charge on any atom is 0.223 e. The molecule has 2 heterocycles. The number of hydrogen-bond acceptors (Lipinski definition) is 3. The molecule has 2 aromatic carbocycles. The normalized spacial score (nSPS) is 21.8. The molecule has 2 aliphatic heterocycles. The Morgan fingerprint density at radius 3 is 2.55 bits per heavy atom. The lowest BCUT2D eigenvalue weighted by atomic mass is 9.88. The van der Waals surface area contributed by atoms with E-state index in [4.69, 9.17) is 4.74 Å². The molecule has 1 amide bonds. The lowest BCUT2D eigenvalue weighted by Gasteiger charge is -2.39. The van der Waals surface area contributed by atoms with Crippen LogP contribution in [0, 0.1) is 11.7 Å². The summed E-state index contributed by atoms with van der Waals surface area (Å²) in [6, 6.07) is 14.6. The molecule has 4 rings (SSSR count). The molecule has 5 heteroatoms. The molecule has 0 bridgehead atoms. The Morgan fingerprint density at radius 1 is 1.14 bits per heavy atom. The van der Waals surface area contributed by atoms with Crippen molar-refractivity contribution in [2.24, 2.45) is 5.92 Å². The Bertz CT molecular complexity index is 857. The van der Waals surface area contributed by atoms with E-state index in [9.17, 15) is 9.18 Å². The van der Waals surface area contributed by atoms with Gasteiger partial charge in [0.15, 0.2) is 0 Å². The number of piperidine rings is 1. The van der Waals surface area contributed by atoms with E-state index >= 15 is 0 Å². The smallest absolute Gasteiger partial charge is 0.223 e. The van der Waals surface area contributed by atoms with Gasteiger partial charge < -0.3 is 10.1 Å². The molecule has 29 heavy (non-hydrogen) atoms. The summed E-state index contributed by atoms with van der Waals surface area (Å²) < 4.78 is 19.1. The first kappa shape index (κ1) is 19.9. The summed E-state index contributed by atoms with van der Waals surface area (Å²) in [4.78, 5) is 15.3. The minimum Gasteiger partial charge on any atom is -0.487 e. The van der Waals surface area contributed by atoms with Crippen LogP contribution in [-0.2, 0) is 11.3 Å². The summed E-state index contributed by atoms with van der Waals surface area (Å²) in [7, 11) is 0. The average molecular weight is 397 g/mol. The van der Waals surface area contributed by atoms with Crippen molar-refractivity contribution < 1.29 is 13.9 Å². The van der Waals surface area contributed by atoms with Gasteiger partial charge in [0.1, 0.15) is 17.2 Å². The van der Waals surface area contributed by atoms with Crippen LogP contribution >= 0.6 is 0 Å². The van der Waals surface area contributed by atoms with Crippen molar-refractivity contribution in [2.75, 3.05) is 13.1 Å². The quantitative estimate of drug-likeness (QED) is 0.830. The van der Waals surface area contributed by atoms with Crippen molar-refractivity contribution >= 4 is 5.91 Å². The molecule has 0 radical (unpaired) electrons. The fourth-order valence-electron chi connectivity index (χ4n) is 4.42. The van der Waals surface area contributed by atoms with Crippen LogP contribution in [0.2, 0.25) is 0 Å². The van der Waals surface area contributed by atoms with Crippen LogP contribution in [0.1, 0.15) is 50.3 Å². The second-order valence-electron chi connectivity index (χ2n) is 8.84. The molecule has 2 aromatic rings. The SMILES string of the molecule is CC1(C)C[C@@H](NC(=O)C2CCN(Cc3ccc(F)cc3)CC2)c2ccccc2O1. The lowest BCUT2D eigenvalue weighted by molar-refractivity contribution is -0.127. The summed E-state index contributed by atoms with van der Waals surface area (Å²) in [5.74, 6) is 0.840. The van der Waals surface area contributed by atoms with E-state index in [0.717, 1.165) is 55.8 Å². The van der Waals surface area contributed by atoms with Gasteiger partial charge in [-0.25, -0.2) is 4.39 Å². The first-order chi connectivity index (χ1) is 13.9. The van der Waals surface area contributed by atoms with Crippen molar-refractivity contribution in [3.63, 3.8) is 0 Å². The number of fused-ring (bicyclic) bond motifs is 1. The first-order valence-corrected chi connectivity index (χ1v) is 10.4. The highest BCUT2D eigenvalue weighted by Crippen LogP contribution is 2.39. The molecule has 1 atom stereocenters. The van der Waals surface area contributed by atoms with E-state index in [2.05, 4.69) is 24.1 Å². The van der Waals surface area contributed by atoms with Gasteiger partial charge in [-0.15, -0.1) is 0 Å². The van der Waals surface area contributed by atoms with Gasteiger partial charge in [0, 0.05) is 24.4 Å². The molecule has 0 aromatic heterocycles. The molecule has 2 aliphatic rings. The molecular weight excluding hydrogens is 367 g/mol. The Kier molecular flexibility index (Phi) is 5.59. The van der Waals surface area contributed by atoms with Gasteiger partial charge in [-0.3, -0.25) is 9.69 Å². The highest BCUT2D eigenvalue weighted by atomic mass is 19.1. The molecule has 0 saturated carbocycles. The topological polar surface area (TPSA) is 41.6 Å². The van der Waals surface area contributed by atoms with Gasteiger partial charge in [0.05, 0.1) is 6.04 Å². The lowest BCUT2D eigenvalue weighted by Crippen LogP contribution is -2.45. The van der Waals surface area contributed by atoms with Crippen molar-refractivity contribution in [1.82, 2.24) is 10.2 Å². The summed E-state index contributed by atoms with van der Waals surface area (Å²) in [6.07, 6.45) is 2.46. The first-order valence-electron chi connectivity index (χ1n) is 10.4. The highest BCUT2D eigenvalue weighted by Gasteiger charge is 2.35. The van der Waals surface area contributed by atoms with Gasteiger partial charge in [-0.1, -0.05) is 30.3 Å². The average Bonchev–Trinajstić information content (AvgIpc) is 2.69. The van der Waals surface area contributed by atoms with Gasteiger partial charge >= 0.3 is 0 Å². The number of para-hydroxylation sites is 1. The monoisotopic (exact) mass is 396 g/mol.